The van der Waals surface area contributed by atoms with Gasteiger partial charge in [-0.1, -0.05) is 6.92 Å². The Morgan fingerprint density at radius 2 is 2.31 bits per heavy atom. The first-order chi connectivity index (χ1) is 6.19. The van der Waals surface area contributed by atoms with E-state index in [1.807, 2.05) is 6.92 Å². The van der Waals surface area contributed by atoms with Gasteiger partial charge in [0, 0.05) is 12.5 Å². The van der Waals surface area contributed by atoms with Crippen LogP contribution in [0, 0.1) is 0 Å². The zero-order chi connectivity index (χ0) is 9.84. The van der Waals surface area contributed by atoms with Crippen LogP contribution in [0.5, 0.6) is 0 Å². The van der Waals surface area contributed by atoms with E-state index in [4.69, 9.17) is 4.74 Å². The molecule has 4 nitrogen and oxygen atoms in total. The van der Waals surface area contributed by atoms with Crippen molar-refractivity contribution in [2.75, 3.05) is 13.2 Å². The quantitative estimate of drug-likeness (QED) is 0.649. The van der Waals surface area contributed by atoms with Crippen molar-refractivity contribution in [1.82, 2.24) is 4.90 Å². The molecule has 0 aromatic heterocycles. The number of amides is 1. The predicted octanol–water partition coefficient (Wildman–Crippen LogP) is 1.20. The van der Waals surface area contributed by atoms with Gasteiger partial charge in [-0.05, 0) is 13.3 Å². The van der Waals surface area contributed by atoms with Crippen LogP contribution in [-0.4, -0.2) is 36.0 Å². The SMILES string of the molecule is CCOC(=O)N1CC(=O)CC1CC. The molecule has 0 saturated carbocycles. The van der Waals surface area contributed by atoms with Crippen LogP contribution < -0.4 is 0 Å². The number of ketones is 1. The maximum absolute atomic E-state index is 11.3. The minimum Gasteiger partial charge on any atom is -0.450 e. The summed E-state index contributed by atoms with van der Waals surface area (Å²) in [6.45, 7) is 4.31. The molecule has 0 aromatic rings. The summed E-state index contributed by atoms with van der Waals surface area (Å²) in [7, 11) is 0. The number of likely N-dealkylation sites (tertiary alicyclic amines) is 1. The van der Waals surface area contributed by atoms with E-state index in [-0.39, 0.29) is 24.5 Å². The van der Waals surface area contributed by atoms with Gasteiger partial charge in [0.2, 0.25) is 0 Å². The molecule has 0 N–H and O–H groups in total. The molecule has 1 rings (SSSR count). The Balaban J connectivity index is 2.57. The summed E-state index contributed by atoms with van der Waals surface area (Å²) in [5.74, 6) is 0.125. The molecule has 0 aromatic carbocycles. The largest absolute Gasteiger partial charge is 0.450 e. The molecule has 74 valence electrons. The lowest BCUT2D eigenvalue weighted by molar-refractivity contribution is -0.116. The van der Waals surface area contributed by atoms with Gasteiger partial charge in [0.05, 0.1) is 13.2 Å². The highest BCUT2D eigenvalue weighted by atomic mass is 16.6. The van der Waals surface area contributed by atoms with Gasteiger partial charge >= 0.3 is 6.09 Å². The third-order valence-electron chi connectivity index (χ3n) is 2.22. The van der Waals surface area contributed by atoms with E-state index in [2.05, 4.69) is 0 Å². The van der Waals surface area contributed by atoms with Crippen LogP contribution in [-0.2, 0) is 9.53 Å². The van der Waals surface area contributed by atoms with Gasteiger partial charge in [-0.15, -0.1) is 0 Å². The molecule has 1 fully saturated rings. The van der Waals surface area contributed by atoms with Gasteiger partial charge in [-0.3, -0.25) is 9.69 Å². The van der Waals surface area contributed by atoms with Gasteiger partial charge in [-0.25, -0.2) is 4.79 Å². The van der Waals surface area contributed by atoms with Gasteiger partial charge in [0.15, 0.2) is 5.78 Å². The summed E-state index contributed by atoms with van der Waals surface area (Å²) in [5, 5.41) is 0. The number of rotatable bonds is 2. The van der Waals surface area contributed by atoms with Crippen molar-refractivity contribution in [1.29, 1.82) is 0 Å². The zero-order valence-corrected chi connectivity index (χ0v) is 8.08. The van der Waals surface area contributed by atoms with E-state index in [1.165, 1.54) is 4.90 Å². The van der Waals surface area contributed by atoms with Crippen molar-refractivity contribution in [3.05, 3.63) is 0 Å². The van der Waals surface area contributed by atoms with E-state index in [1.54, 1.807) is 6.92 Å². The van der Waals surface area contributed by atoms with Gasteiger partial charge < -0.3 is 4.74 Å². The number of hydrogen-bond acceptors (Lipinski definition) is 3. The number of carbonyl (C=O) groups excluding carboxylic acids is 2. The van der Waals surface area contributed by atoms with E-state index < -0.39 is 0 Å². The number of nitrogens with zero attached hydrogens (tertiary/aromatic N) is 1. The molecule has 0 radical (unpaired) electrons. The average Bonchev–Trinajstić information content (AvgIpc) is 2.47. The Hall–Kier alpha value is -1.06. The van der Waals surface area contributed by atoms with Crippen LogP contribution >= 0.6 is 0 Å². The Labute approximate surface area is 77.8 Å². The number of ether oxygens (including phenoxy) is 1. The van der Waals surface area contributed by atoms with E-state index in [0.717, 1.165) is 6.42 Å². The van der Waals surface area contributed by atoms with Crippen molar-refractivity contribution in [3.63, 3.8) is 0 Å². The number of hydrogen-bond donors (Lipinski definition) is 0. The maximum atomic E-state index is 11.3. The van der Waals surface area contributed by atoms with Crippen LogP contribution in [0.15, 0.2) is 0 Å². The second kappa shape index (κ2) is 4.25. The highest BCUT2D eigenvalue weighted by Gasteiger charge is 2.33. The number of Topliss-reactive ketones (excluding diaryl/α,β-unsaturated/α-hetero) is 1. The summed E-state index contributed by atoms with van der Waals surface area (Å²) < 4.78 is 4.84. The second-order valence-electron chi connectivity index (χ2n) is 3.13. The number of carbonyl (C=O) groups is 2. The van der Waals surface area contributed by atoms with Crippen molar-refractivity contribution in [3.8, 4) is 0 Å². The first-order valence-corrected chi connectivity index (χ1v) is 4.64. The van der Waals surface area contributed by atoms with E-state index in [0.29, 0.717) is 13.0 Å². The Morgan fingerprint density at radius 1 is 1.62 bits per heavy atom. The summed E-state index contributed by atoms with van der Waals surface area (Å²) in [4.78, 5) is 23.9. The van der Waals surface area contributed by atoms with Crippen LogP contribution in [0.4, 0.5) is 4.79 Å². The summed E-state index contributed by atoms with van der Waals surface area (Å²) in [6, 6.07) is 0.0477. The molecule has 1 amide bonds. The minimum absolute atomic E-state index is 0.0477. The average molecular weight is 185 g/mol. The lowest BCUT2D eigenvalue weighted by Crippen LogP contribution is -2.35. The molecule has 0 spiro atoms. The van der Waals surface area contributed by atoms with Crippen LogP contribution in [0.1, 0.15) is 26.7 Å². The fraction of sp³-hybridized carbons (Fsp3) is 0.778. The first kappa shape index (κ1) is 10.0. The topological polar surface area (TPSA) is 46.6 Å². The third kappa shape index (κ3) is 2.20. The molecule has 1 saturated heterocycles. The molecule has 4 heteroatoms. The highest BCUT2D eigenvalue weighted by Crippen LogP contribution is 2.17. The standard InChI is InChI=1S/C9H15NO3/c1-3-7-5-8(11)6-10(7)9(12)13-4-2/h7H,3-6H2,1-2H3. The zero-order valence-electron chi connectivity index (χ0n) is 8.08. The fourth-order valence-corrected chi connectivity index (χ4v) is 1.54. The van der Waals surface area contributed by atoms with Gasteiger partial charge in [0.1, 0.15) is 0 Å². The molecule has 1 aliphatic rings. The van der Waals surface area contributed by atoms with Crippen molar-refractivity contribution in [2.24, 2.45) is 0 Å². The molecule has 1 heterocycles. The summed E-state index contributed by atoms with van der Waals surface area (Å²) in [6.07, 6.45) is 0.931. The normalized spacial score (nSPS) is 22.2. The minimum atomic E-state index is -0.361. The van der Waals surface area contributed by atoms with Crippen LogP contribution in [0.2, 0.25) is 0 Å². The van der Waals surface area contributed by atoms with E-state index in [9.17, 15) is 9.59 Å². The fourth-order valence-electron chi connectivity index (χ4n) is 1.54. The summed E-state index contributed by atoms with van der Waals surface area (Å²) in [5.41, 5.74) is 0. The molecule has 1 aliphatic heterocycles. The lowest BCUT2D eigenvalue weighted by atomic mass is 10.2. The van der Waals surface area contributed by atoms with Crippen LogP contribution in [0.25, 0.3) is 0 Å². The van der Waals surface area contributed by atoms with Gasteiger partial charge in [-0.2, -0.15) is 0 Å². The predicted molar refractivity (Wildman–Crippen MR) is 47.4 cm³/mol. The Bertz CT molecular complexity index is 215. The molecule has 13 heavy (non-hydrogen) atoms. The molecule has 0 bridgehead atoms. The second-order valence-corrected chi connectivity index (χ2v) is 3.13. The van der Waals surface area contributed by atoms with Crippen molar-refractivity contribution in [2.45, 2.75) is 32.7 Å². The third-order valence-corrected chi connectivity index (χ3v) is 2.22. The van der Waals surface area contributed by atoms with E-state index >= 15 is 0 Å². The smallest absolute Gasteiger partial charge is 0.410 e. The lowest BCUT2D eigenvalue weighted by Gasteiger charge is -2.21. The van der Waals surface area contributed by atoms with Crippen molar-refractivity contribution >= 4 is 11.9 Å². The molecule has 1 unspecified atom stereocenters. The molecular weight excluding hydrogens is 170 g/mol. The Morgan fingerprint density at radius 3 is 2.85 bits per heavy atom. The first-order valence-electron chi connectivity index (χ1n) is 4.64. The summed E-state index contributed by atoms with van der Waals surface area (Å²) >= 11 is 0. The highest BCUT2D eigenvalue weighted by molar-refractivity contribution is 5.88. The monoisotopic (exact) mass is 185 g/mol. The van der Waals surface area contributed by atoms with Gasteiger partial charge in [0.25, 0.3) is 0 Å². The molecule has 0 aliphatic carbocycles. The van der Waals surface area contributed by atoms with Crippen molar-refractivity contribution < 1.29 is 14.3 Å². The molecule has 1 atom stereocenters. The van der Waals surface area contributed by atoms with Crippen LogP contribution in [0.3, 0.4) is 0 Å². The molecular formula is C9H15NO3. The maximum Gasteiger partial charge on any atom is 0.410 e. The Kier molecular flexibility index (Phi) is 3.28.